The molecule has 16 nitrogen and oxygen atoms in total. The first-order valence-electron chi connectivity index (χ1n) is 24.0. The second kappa shape index (κ2) is 24.5. The number of halogens is 12. The van der Waals surface area contributed by atoms with Crippen molar-refractivity contribution in [2.24, 2.45) is 0 Å². The maximum Gasteiger partial charge on any atom is 0.449 e. The number of unbranched alkanes of at least 4 members (excludes halogenated alkanes) is 1. The Labute approximate surface area is 433 Å². The third kappa shape index (κ3) is 17.0. The zero-order valence-electron chi connectivity index (χ0n) is 42.8. The fourth-order valence-electron chi connectivity index (χ4n) is 8.11. The molecule has 0 fully saturated rings. The van der Waals surface area contributed by atoms with Crippen molar-refractivity contribution < 1.29 is 86.1 Å². The molecule has 4 heterocycles. The number of carbonyl (C=O) groups is 5. The Hall–Kier alpha value is -7.03. The lowest BCUT2D eigenvalue weighted by atomic mass is 10.0. The number of ether oxygens (including phenoxy) is 2. The van der Waals surface area contributed by atoms with Crippen LogP contribution >= 0.6 is 0 Å². The highest BCUT2D eigenvalue weighted by Crippen LogP contribution is 2.34. The van der Waals surface area contributed by atoms with Gasteiger partial charge in [0.2, 0.25) is 23.5 Å². The Morgan fingerprint density at radius 1 is 0.610 bits per heavy atom. The van der Waals surface area contributed by atoms with Gasteiger partial charge in [0.15, 0.2) is 29.0 Å². The van der Waals surface area contributed by atoms with Crippen LogP contribution in [0.25, 0.3) is 0 Å². The van der Waals surface area contributed by atoms with Crippen LogP contribution in [0.3, 0.4) is 0 Å². The van der Waals surface area contributed by atoms with Gasteiger partial charge in [0.05, 0.1) is 30.7 Å². The third-order valence-electron chi connectivity index (χ3n) is 11.5. The molecule has 77 heavy (non-hydrogen) atoms. The number of imidazole rings is 2. The Bertz CT molecular complexity index is 2800. The van der Waals surface area contributed by atoms with E-state index < -0.39 is 144 Å². The standard InChI is InChI=1S/C27H33F6N5O4.C22H24F6N4O3/c1-5-6-7-34-23(40)22-20-14-37(8-9-38(20)24(36-22)27(31,32)33)21(39)12-16(35-25(41)42-26(2,3)4)10-15-11-18(29)19(30)13-17(15)28;1-21(2,3)35-20(34)30-13(6-12-7-16(24)17(25)9-15(12)23)8-18(33)31-4-5-32-14(11-31)10-29-19(32)22(26,27)28/h11,13,16H,5-10,12,14H2,1-4H3,(H,34,40)(H,35,41);7,9-10,13H,4-6,8,11H2,1-3H3,(H,30,34). The molecule has 4 aromatic rings. The number of nitrogens with zero attached hydrogens (tertiary/aromatic N) is 6. The normalized spacial score (nSPS) is 14.6. The van der Waals surface area contributed by atoms with Gasteiger partial charge >= 0.3 is 24.5 Å². The number of nitrogens with one attached hydrogen (secondary N) is 3. The maximum atomic E-state index is 14.4. The second-order valence-electron chi connectivity index (χ2n) is 20.1. The van der Waals surface area contributed by atoms with Crippen LogP contribution in [-0.4, -0.2) is 102 Å². The lowest BCUT2D eigenvalue weighted by molar-refractivity contribution is -0.149. The van der Waals surface area contributed by atoms with Crippen LogP contribution in [0.1, 0.15) is 119 Å². The Balaban J connectivity index is 0.000000289. The molecule has 2 aromatic heterocycles. The van der Waals surface area contributed by atoms with Crippen molar-refractivity contribution in [3.8, 4) is 0 Å². The topological polar surface area (TPSA) is 182 Å². The molecule has 0 bridgehead atoms. The second-order valence-corrected chi connectivity index (χ2v) is 20.1. The quantitative estimate of drug-likeness (QED) is 0.0631. The highest BCUT2D eigenvalue weighted by molar-refractivity contribution is 5.94. The highest BCUT2D eigenvalue weighted by Gasteiger charge is 2.43. The van der Waals surface area contributed by atoms with E-state index in [0.717, 1.165) is 21.8 Å². The molecule has 2 atom stereocenters. The summed E-state index contributed by atoms with van der Waals surface area (Å²) >= 11 is 0. The van der Waals surface area contributed by atoms with Gasteiger partial charge in [-0.05, 0) is 84.1 Å². The van der Waals surface area contributed by atoms with Crippen molar-refractivity contribution >= 4 is 29.9 Å². The van der Waals surface area contributed by atoms with Crippen LogP contribution in [0.5, 0.6) is 0 Å². The van der Waals surface area contributed by atoms with E-state index in [9.17, 15) is 76.7 Å². The summed E-state index contributed by atoms with van der Waals surface area (Å²) in [7, 11) is 0. The van der Waals surface area contributed by atoms with Crippen molar-refractivity contribution in [3.63, 3.8) is 0 Å². The monoisotopic (exact) mass is 1110 g/mol. The van der Waals surface area contributed by atoms with Crippen molar-refractivity contribution in [2.75, 3.05) is 19.6 Å². The van der Waals surface area contributed by atoms with Gasteiger partial charge in [-0.2, -0.15) is 26.3 Å². The highest BCUT2D eigenvalue weighted by atomic mass is 19.4. The molecule has 0 saturated heterocycles. The number of alkyl halides is 6. The van der Waals surface area contributed by atoms with Crippen LogP contribution in [0, 0.1) is 34.9 Å². The van der Waals surface area contributed by atoms with Gasteiger partial charge in [0.1, 0.15) is 22.8 Å². The molecule has 0 radical (unpaired) electrons. The minimum absolute atomic E-state index is 0.0516. The first-order chi connectivity index (χ1) is 35.6. The number of fused-ring (bicyclic) bond motifs is 2. The fourth-order valence-corrected chi connectivity index (χ4v) is 8.11. The fraction of sp³-hybridized carbons (Fsp3) is 0.531. The van der Waals surface area contributed by atoms with E-state index in [1.54, 1.807) is 41.5 Å². The van der Waals surface area contributed by atoms with E-state index >= 15 is 0 Å². The summed E-state index contributed by atoms with van der Waals surface area (Å²) in [6.07, 6.45) is -10.6. The summed E-state index contributed by atoms with van der Waals surface area (Å²) in [5, 5.41) is 7.40. The summed E-state index contributed by atoms with van der Waals surface area (Å²) in [4.78, 5) is 73.1. The van der Waals surface area contributed by atoms with E-state index in [0.29, 0.717) is 30.7 Å². The summed E-state index contributed by atoms with van der Waals surface area (Å²) in [5.74, 6) is -11.9. The van der Waals surface area contributed by atoms with E-state index in [-0.39, 0.29) is 68.2 Å². The first kappa shape index (κ1) is 60.8. The lowest BCUT2D eigenvalue weighted by Gasteiger charge is -2.31. The summed E-state index contributed by atoms with van der Waals surface area (Å²) in [5.41, 5.74) is -2.79. The minimum Gasteiger partial charge on any atom is -0.444 e. The minimum atomic E-state index is -4.85. The van der Waals surface area contributed by atoms with E-state index in [1.807, 2.05) is 6.92 Å². The van der Waals surface area contributed by atoms with Crippen molar-refractivity contribution in [1.29, 1.82) is 0 Å². The van der Waals surface area contributed by atoms with Gasteiger partial charge in [-0.3, -0.25) is 14.4 Å². The SMILES string of the molecule is CC(C)(C)OC(=O)NC(CC(=O)N1CCn2c(cnc2C(F)(F)F)C1)Cc1cc(F)c(F)cc1F.CCCCNC(=O)c1nc(C(F)(F)F)n2c1CN(C(=O)CC(Cc1cc(F)c(F)cc1F)NC(=O)OC(C)(C)C)CC2. The number of carbonyl (C=O) groups excluding carboxylic acids is 5. The van der Waals surface area contributed by atoms with Gasteiger partial charge < -0.3 is 44.4 Å². The summed E-state index contributed by atoms with van der Waals surface area (Å²) in [6.45, 7) is 10.5. The molecule has 2 aliphatic heterocycles. The Morgan fingerprint density at radius 3 is 1.49 bits per heavy atom. The smallest absolute Gasteiger partial charge is 0.444 e. The molecular formula is C49H57F12N9O7. The molecule has 6 rings (SSSR count). The predicted molar refractivity (Wildman–Crippen MR) is 248 cm³/mol. The number of hydrogen-bond acceptors (Lipinski definition) is 9. The molecule has 3 N–H and O–H groups in total. The van der Waals surface area contributed by atoms with Gasteiger partial charge in [-0.15, -0.1) is 0 Å². The van der Waals surface area contributed by atoms with Crippen LogP contribution in [0.2, 0.25) is 0 Å². The van der Waals surface area contributed by atoms with Gasteiger partial charge in [0, 0.05) is 69.8 Å². The maximum absolute atomic E-state index is 14.4. The van der Waals surface area contributed by atoms with Gasteiger partial charge in [-0.1, -0.05) is 13.3 Å². The molecule has 5 amide bonds. The largest absolute Gasteiger partial charge is 0.449 e. The van der Waals surface area contributed by atoms with Gasteiger partial charge in [-0.25, -0.2) is 45.9 Å². The number of rotatable bonds is 14. The average molecular weight is 1110 g/mol. The molecule has 0 spiro atoms. The number of aromatic nitrogens is 4. The molecule has 28 heteroatoms. The van der Waals surface area contributed by atoms with Gasteiger partial charge in [0.25, 0.3) is 5.91 Å². The van der Waals surface area contributed by atoms with E-state index in [1.165, 1.54) is 9.80 Å². The molecule has 0 saturated carbocycles. The zero-order chi connectivity index (χ0) is 57.5. The molecule has 2 aromatic carbocycles. The predicted octanol–water partition coefficient (Wildman–Crippen LogP) is 8.90. The van der Waals surface area contributed by atoms with Crippen LogP contribution in [-0.2, 0) is 70.4 Å². The molecule has 2 unspecified atom stereocenters. The Kier molecular flexibility index (Phi) is 19.4. The first-order valence-corrected chi connectivity index (χ1v) is 24.0. The van der Waals surface area contributed by atoms with Crippen molar-refractivity contribution in [1.82, 2.24) is 44.9 Å². The lowest BCUT2D eigenvalue weighted by Crippen LogP contribution is -2.46. The third-order valence-corrected chi connectivity index (χ3v) is 11.5. The zero-order valence-corrected chi connectivity index (χ0v) is 42.8. The number of benzene rings is 2. The van der Waals surface area contributed by atoms with E-state index in [4.69, 9.17) is 9.47 Å². The molecule has 0 aliphatic carbocycles. The molecule has 2 aliphatic rings. The van der Waals surface area contributed by atoms with Crippen molar-refractivity contribution in [2.45, 2.75) is 149 Å². The van der Waals surface area contributed by atoms with Crippen LogP contribution in [0.15, 0.2) is 30.5 Å². The van der Waals surface area contributed by atoms with E-state index in [2.05, 4.69) is 25.9 Å². The Morgan fingerprint density at radius 2 is 1.05 bits per heavy atom. The average Bonchev–Trinajstić information content (AvgIpc) is 3.91. The van der Waals surface area contributed by atoms with Crippen LogP contribution < -0.4 is 16.0 Å². The number of amides is 5. The number of hydrogen-bond donors (Lipinski definition) is 3. The summed E-state index contributed by atoms with van der Waals surface area (Å²) < 4.78 is 175. The summed E-state index contributed by atoms with van der Waals surface area (Å²) in [6, 6.07) is -0.289. The molecular weight excluding hydrogens is 1050 g/mol. The molecule has 424 valence electrons. The van der Waals surface area contributed by atoms with Crippen LogP contribution in [0.4, 0.5) is 62.3 Å². The number of alkyl carbamates (subject to hydrolysis) is 2. The van der Waals surface area contributed by atoms with Crippen molar-refractivity contribution in [3.05, 3.63) is 105 Å².